The molecule has 0 aromatic carbocycles. The van der Waals surface area contributed by atoms with E-state index < -0.39 is 0 Å². The van der Waals surface area contributed by atoms with Gasteiger partial charge in [0.05, 0.1) is 12.7 Å². The Morgan fingerprint density at radius 3 is 2.71 bits per heavy atom. The minimum Gasteiger partial charge on any atom is -0.481 e. The Kier molecular flexibility index (Phi) is 4.90. The lowest BCUT2D eigenvalue weighted by molar-refractivity contribution is 0.0124. The van der Waals surface area contributed by atoms with Crippen LogP contribution in [0.4, 0.5) is 0 Å². The molecule has 4 heteroatoms. The third-order valence-corrected chi connectivity index (χ3v) is 3.00. The molecular formula is C13H22N2O2. The van der Waals surface area contributed by atoms with Crippen LogP contribution in [-0.4, -0.2) is 24.8 Å². The van der Waals surface area contributed by atoms with Gasteiger partial charge in [-0.1, -0.05) is 6.07 Å². The summed E-state index contributed by atoms with van der Waals surface area (Å²) in [5.74, 6) is 0.607. The largest absolute Gasteiger partial charge is 0.481 e. The number of hydrogen-bond acceptors (Lipinski definition) is 4. The molecule has 0 fully saturated rings. The minimum absolute atomic E-state index is 0.0759. The molecule has 1 unspecified atom stereocenters. The molecule has 96 valence electrons. The number of hydrogen-bond donors (Lipinski definition) is 1. The highest BCUT2D eigenvalue weighted by Gasteiger charge is 2.20. The van der Waals surface area contributed by atoms with Crippen LogP contribution in [0.1, 0.15) is 38.3 Å². The van der Waals surface area contributed by atoms with Crippen LogP contribution in [-0.2, 0) is 4.74 Å². The summed E-state index contributed by atoms with van der Waals surface area (Å²) in [5.41, 5.74) is 6.96. The number of ether oxygens (including phenoxy) is 2. The van der Waals surface area contributed by atoms with Gasteiger partial charge < -0.3 is 15.2 Å². The zero-order valence-corrected chi connectivity index (χ0v) is 11.1. The third-order valence-electron chi connectivity index (χ3n) is 3.00. The fourth-order valence-corrected chi connectivity index (χ4v) is 1.62. The molecule has 1 aromatic heterocycles. The predicted octanol–water partition coefficient (Wildman–Crippen LogP) is 2.30. The summed E-state index contributed by atoms with van der Waals surface area (Å²) in [4.78, 5) is 4.15. The van der Waals surface area contributed by atoms with Crippen LogP contribution in [0.15, 0.2) is 18.3 Å². The number of rotatable bonds is 6. The SMILES string of the molecule is COc1ncccc1C(N)CCC(C)(C)OC. The van der Waals surface area contributed by atoms with E-state index in [4.69, 9.17) is 15.2 Å². The fraction of sp³-hybridized carbons (Fsp3) is 0.615. The van der Waals surface area contributed by atoms with E-state index >= 15 is 0 Å². The number of nitrogens with zero attached hydrogens (tertiary/aromatic N) is 1. The van der Waals surface area contributed by atoms with Gasteiger partial charge in [0.2, 0.25) is 5.88 Å². The fourth-order valence-electron chi connectivity index (χ4n) is 1.62. The first-order chi connectivity index (χ1) is 8.00. The van der Waals surface area contributed by atoms with Gasteiger partial charge in [-0.25, -0.2) is 4.98 Å². The van der Waals surface area contributed by atoms with E-state index in [0.717, 1.165) is 18.4 Å². The van der Waals surface area contributed by atoms with E-state index in [9.17, 15) is 0 Å². The van der Waals surface area contributed by atoms with Crippen LogP contribution in [0.5, 0.6) is 5.88 Å². The van der Waals surface area contributed by atoms with Crippen LogP contribution in [0.2, 0.25) is 0 Å². The van der Waals surface area contributed by atoms with Gasteiger partial charge >= 0.3 is 0 Å². The first kappa shape index (κ1) is 13.9. The average Bonchev–Trinajstić information content (AvgIpc) is 2.36. The highest BCUT2D eigenvalue weighted by molar-refractivity contribution is 5.28. The van der Waals surface area contributed by atoms with Gasteiger partial charge in [0.1, 0.15) is 0 Å². The van der Waals surface area contributed by atoms with Crippen LogP contribution in [0, 0.1) is 0 Å². The summed E-state index contributed by atoms with van der Waals surface area (Å²) in [7, 11) is 3.33. The first-order valence-corrected chi connectivity index (χ1v) is 5.80. The molecule has 17 heavy (non-hydrogen) atoms. The van der Waals surface area contributed by atoms with Crippen LogP contribution < -0.4 is 10.5 Å². The minimum atomic E-state index is -0.146. The molecule has 0 saturated carbocycles. The lowest BCUT2D eigenvalue weighted by atomic mass is 9.96. The summed E-state index contributed by atoms with van der Waals surface area (Å²) >= 11 is 0. The molecule has 0 bridgehead atoms. The van der Waals surface area contributed by atoms with Gasteiger partial charge in [-0.3, -0.25) is 0 Å². The van der Waals surface area contributed by atoms with Crippen molar-refractivity contribution in [2.24, 2.45) is 5.73 Å². The van der Waals surface area contributed by atoms with Crippen molar-refractivity contribution >= 4 is 0 Å². The molecule has 0 amide bonds. The standard InChI is InChI=1S/C13H22N2O2/c1-13(2,17-4)8-7-11(14)10-6-5-9-15-12(10)16-3/h5-6,9,11H,7-8,14H2,1-4H3. The zero-order valence-electron chi connectivity index (χ0n) is 11.1. The van der Waals surface area contributed by atoms with Gasteiger partial charge in [-0.05, 0) is 32.8 Å². The number of pyridine rings is 1. The Labute approximate surface area is 103 Å². The van der Waals surface area contributed by atoms with E-state index in [1.807, 2.05) is 12.1 Å². The highest BCUT2D eigenvalue weighted by atomic mass is 16.5. The molecule has 0 radical (unpaired) electrons. The molecule has 2 N–H and O–H groups in total. The number of aromatic nitrogens is 1. The molecular weight excluding hydrogens is 216 g/mol. The van der Waals surface area contributed by atoms with Crippen molar-refractivity contribution in [2.75, 3.05) is 14.2 Å². The topological polar surface area (TPSA) is 57.4 Å². The van der Waals surface area contributed by atoms with E-state index in [1.165, 1.54) is 0 Å². The second-order valence-corrected chi connectivity index (χ2v) is 4.71. The molecule has 0 spiro atoms. The van der Waals surface area contributed by atoms with Crippen LogP contribution in [0.25, 0.3) is 0 Å². The van der Waals surface area contributed by atoms with Gasteiger partial charge in [-0.2, -0.15) is 0 Å². The summed E-state index contributed by atoms with van der Waals surface area (Å²) in [5, 5.41) is 0. The summed E-state index contributed by atoms with van der Waals surface area (Å²) in [6.07, 6.45) is 3.43. The normalized spacial score (nSPS) is 13.5. The van der Waals surface area contributed by atoms with Gasteiger partial charge in [-0.15, -0.1) is 0 Å². The van der Waals surface area contributed by atoms with Gasteiger partial charge in [0.25, 0.3) is 0 Å². The molecule has 0 aliphatic rings. The van der Waals surface area contributed by atoms with Crippen molar-refractivity contribution in [1.29, 1.82) is 0 Å². The molecule has 1 aromatic rings. The second kappa shape index (κ2) is 5.98. The van der Waals surface area contributed by atoms with E-state index in [0.29, 0.717) is 5.88 Å². The average molecular weight is 238 g/mol. The van der Waals surface area contributed by atoms with Crippen molar-refractivity contribution in [2.45, 2.75) is 38.3 Å². The summed E-state index contributed by atoms with van der Waals surface area (Å²) in [6, 6.07) is 3.75. The van der Waals surface area contributed by atoms with Crippen molar-refractivity contribution in [3.05, 3.63) is 23.9 Å². The Hall–Kier alpha value is -1.13. The molecule has 4 nitrogen and oxygen atoms in total. The Morgan fingerprint density at radius 1 is 1.41 bits per heavy atom. The molecule has 1 rings (SSSR count). The van der Waals surface area contributed by atoms with Crippen molar-refractivity contribution in [3.8, 4) is 5.88 Å². The van der Waals surface area contributed by atoms with Gasteiger partial charge in [0.15, 0.2) is 0 Å². The van der Waals surface area contributed by atoms with E-state index in [2.05, 4.69) is 18.8 Å². The van der Waals surface area contributed by atoms with Crippen molar-refractivity contribution < 1.29 is 9.47 Å². The molecule has 1 atom stereocenters. The maximum atomic E-state index is 6.16. The first-order valence-electron chi connectivity index (χ1n) is 5.80. The van der Waals surface area contributed by atoms with Crippen molar-refractivity contribution in [1.82, 2.24) is 4.98 Å². The Bertz CT molecular complexity index is 353. The summed E-state index contributed by atoms with van der Waals surface area (Å²) < 4.78 is 10.6. The maximum Gasteiger partial charge on any atom is 0.217 e. The van der Waals surface area contributed by atoms with E-state index in [-0.39, 0.29) is 11.6 Å². The highest BCUT2D eigenvalue weighted by Crippen LogP contribution is 2.27. The van der Waals surface area contributed by atoms with Crippen molar-refractivity contribution in [3.63, 3.8) is 0 Å². The monoisotopic (exact) mass is 238 g/mol. The molecule has 0 aliphatic heterocycles. The van der Waals surface area contributed by atoms with Crippen LogP contribution >= 0.6 is 0 Å². The smallest absolute Gasteiger partial charge is 0.217 e. The quantitative estimate of drug-likeness (QED) is 0.826. The molecule has 0 saturated heterocycles. The Morgan fingerprint density at radius 2 is 2.12 bits per heavy atom. The van der Waals surface area contributed by atoms with Gasteiger partial charge in [0, 0.05) is 24.9 Å². The predicted molar refractivity (Wildman–Crippen MR) is 68.0 cm³/mol. The molecule has 1 heterocycles. The lowest BCUT2D eigenvalue weighted by Crippen LogP contribution is -2.24. The maximum absolute atomic E-state index is 6.16. The zero-order chi connectivity index (χ0) is 12.9. The van der Waals surface area contributed by atoms with Crippen LogP contribution in [0.3, 0.4) is 0 Å². The second-order valence-electron chi connectivity index (χ2n) is 4.71. The summed E-state index contributed by atoms with van der Waals surface area (Å²) in [6.45, 7) is 4.11. The lowest BCUT2D eigenvalue weighted by Gasteiger charge is -2.24. The molecule has 0 aliphatic carbocycles. The number of nitrogens with two attached hydrogens (primary N) is 1. The Balaban J connectivity index is 2.67. The number of methoxy groups -OCH3 is 2. The van der Waals surface area contributed by atoms with E-state index in [1.54, 1.807) is 20.4 Å². The third kappa shape index (κ3) is 3.98.